The van der Waals surface area contributed by atoms with E-state index in [0.717, 1.165) is 34.7 Å². The highest BCUT2D eigenvalue weighted by molar-refractivity contribution is 5.97. The number of rotatable bonds is 8. The molecule has 0 spiro atoms. The zero-order valence-corrected chi connectivity index (χ0v) is 18.2. The zero-order valence-electron chi connectivity index (χ0n) is 18.2. The molecule has 0 bridgehead atoms. The van der Waals surface area contributed by atoms with Gasteiger partial charge in [0.05, 0.1) is 12.5 Å². The Balaban J connectivity index is 1.52. The lowest BCUT2D eigenvalue weighted by Crippen LogP contribution is -2.43. The van der Waals surface area contributed by atoms with E-state index in [1.807, 2.05) is 32.0 Å². The Morgan fingerprint density at radius 2 is 1.66 bits per heavy atom. The topological polar surface area (TPSA) is 105 Å². The standard InChI is InChI=1S/C24H27N3O5/c1-3-16-11-8-12-17(4-2)22(16)25-20(28)15-32-24(31)19-13-21(29)27(14-19)26-23(30)18-9-6-5-7-10-18/h5-12,19H,3-4,13-15H2,1-2H3,(H,25,28)(H,26,30)/t19-/m0/s1. The van der Waals surface area contributed by atoms with Crippen molar-refractivity contribution in [3.8, 4) is 0 Å². The fourth-order valence-electron chi connectivity index (χ4n) is 3.58. The van der Waals surface area contributed by atoms with Crippen molar-refractivity contribution >= 4 is 29.4 Å². The fraction of sp³-hybridized carbons (Fsp3) is 0.333. The van der Waals surface area contributed by atoms with Crippen molar-refractivity contribution in [1.82, 2.24) is 10.4 Å². The van der Waals surface area contributed by atoms with Crippen LogP contribution in [0.25, 0.3) is 0 Å². The summed E-state index contributed by atoms with van der Waals surface area (Å²) in [5, 5.41) is 3.96. The predicted molar refractivity (Wildman–Crippen MR) is 119 cm³/mol. The van der Waals surface area contributed by atoms with Crippen LogP contribution in [0.5, 0.6) is 0 Å². The van der Waals surface area contributed by atoms with Gasteiger partial charge in [-0.15, -0.1) is 0 Å². The minimum Gasteiger partial charge on any atom is -0.455 e. The number of esters is 1. The van der Waals surface area contributed by atoms with Gasteiger partial charge < -0.3 is 10.1 Å². The number of nitrogens with zero attached hydrogens (tertiary/aromatic N) is 1. The van der Waals surface area contributed by atoms with Gasteiger partial charge in [-0.1, -0.05) is 50.2 Å². The summed E-state index contributed by atoms with van der Waals surface area (Å²) in [6, 6.07) is 14.3. The Labute approximate surface area is 186 Å². The second-order valence-corrected chi connectivity index (χ2v) is 7.53. The minimum atomic E-state index is -0.750. The van der Waals surface area contributed by atoms with Crippen LogP contribution in [0, 0.1) is 5.92 Å². The van der Waals surface area contributed by atoms with Gasteiger partial charge in [0.15, 0.2) is 6.61 Å². The second kappa shape index (κ2) is 10.6. The molecular weight excluding hydrogens is 410 g/mol. The van der Waals surface area contributed by atoms with E-state index in [4.69, 9.17) is 4.74 Å². The van der Waals surface area contributed by atoms with Crippen molar-refractivity contribution in [2.24, 2.45) is 5.92 Å². The van der Waals surface area contributed by atoms with Crippen LogP contribution in [0.4, 0.5) is 5.69 Å². The van der Waals surface area contributed by atoms with Crippen molar-refractivity contribution < 1.29 is 23.9 Å². The third-order valence-corrected chi connectivity index (χ3v) is 5.34. The Morgan fingerprint density at radius 3 is 2.28 bits per heavy atom. The lowest BCUT2D eigenvalue weighted by molar-refractivity contribution is -0.151. The van der Waals surface area contributed by atoms with E-state index in [9.17, 15) is 19.2 Å². The number of para-hydroxylation sites is 1. The molecule has 168 valence electrons. The largest absolute Gasteiger partial charge is 0.455 e. The van der Waals surface area contributed by atoms with E-state index in [1.165, 1.54) is 0 Å². The van der Waals surface area contributed by atoms with Crippen LogP contribution in [0.3, 0.4) is 0 Å². The molecule has 8 nitrogen and oxygen atoms in total. The molecule has 0 aromatic heterocycles. The first-order chi connectivity index (χ1) is 15.4. The van der Waals surface area contributed by atoms with Gasteiger partial charge in [-0.25, -0.2) is 0 Å². The van der Waals surface area contributed by atoms with Crippen molar-refractivity contribution in [3.05, 3.63) is 65.2 Å². The molecule has 1 fully saturated rings. The van der Waals surface area contributed by atoms with Crippen LogP contribution in [-0.4, -0.2) is 41.9 Å². The third-order valence-electron chi connectivity index (χ3n) is 5.34. The third kappa shape index (κ3) is 5.51. The molecule has 2 N–H and O–H groups in total. The SMILES string of the molecule is CCc1cccc(CC)c1NC(=O)COC(=O)[C@H]1CC(=O)N(NC(=O)c2ccccc2)C1. The summed E-state index contributed by atoms with van der Waals surface area (Å²) in [7, 11) is 0. The van der Waals surface area contributed by atoms with Crippen LogP contribution in [-0.2, 0) is 32.0 Å². The van der Waals surface area contributed by atoms with Gasteiger partial charge in [0.2, 0.25) is 5.91 Å². The van der Waals surface area contributed by atoms with Crippen LogP contribution in [0.15, 0.2) is 48.5 Å². The summed E-state index contributed by atoms with van der Waals surface area (Å²) < 4.78 is 5.15. The van der Waals surface area contributed by atoms with Crippen molar-refractivity contribution in [2.75, 3.05) is 18.5 Å². The van der Waals surface area contributed by atoms with Crippen LogP contribution in [0.1, 0.15) is 41.8 Å². The highest BCUT2D eigenvalue weighted by Gasteiger charge is 2.36. The summed E-state index contributed by atoms with van der Waals surface area (Å²) in [6.07, 6.45) is 1.43. The average molecular weight is 437 g/mol. The van der Waals surface area contributed by atoms with E-state index >= 15 is 0 Å². The number of hydrogen-bond donors (Lipinski definition) is 2. The van der Waals surface area contributed by atoms with Gasteiger partial charge in [0, 0.05) is 17.7 Å². The van der Waals surface area contributed by atoms with E-state index in [0.29, 0.717) is 5.56 Å². The van der Waals surface area contributed by atoms with Gasteiger partial charge in [0.1, 0.15) is 0 Å². The van der Waals surface area contributed by atoms with Gasteiger partial charge in [-0.2, -0.15) is 0 Å². The summed E-state index contributed by atoms with van der Waals surface area (Å²) in [5.41, 5.74) is 5.69. The normalized spacial score (nSPS) is 15.4. The molecule has 2 aromatic rings. The number of hydrazine groups is 1. The summed E-state index contributed by atoms with van der Waals surface area (Å²) in [4.78, 5) is 49.2. The monoisotopic (exact) mass is 437 g/mol. The van der Waals surface area contributed by atoms with E-state index in [-0.39, 0.29) is 18.9 Å². The first-order valence-electron chi connectivity index (χ1n) is 10.7. The molecule has 1 aliphatic heterocycles. The summed E-state index contributed by atoms with van der Waals surface area (Å²) in [6.45, 7) is 3.56. The highest BCUT2D eigenvalue weighted by Crippen LogP contribution is 2.23. The quantitative estimate of drug-likeness (QED) is 0.618. The number of carbonyl (C=O) groups is 4. The Hall–Kier alpha value is -3.68. The molecule has 3 amide bonds. The molecule has 2 aromatic carbocycles. The molecule has 1 aliphatic rings. The number of benzene rings is 2. The number of ether oxygens (including phenoxy) is 1. The molecule has 0 radical (unpaired) electrons. The molecule has 1 atom stereocenters. The first-order valence-corrected chi connectivity index (χ1v) is 10.7. The van der Waals surface area contributed by atoms with E-state index in [1.54, 1.807) is 30.3 Å². The van der Waals surface area contributed by atoms with Crippen molar-refractivity contribution in [1.29, 1.82) is 0 Å². The Kier molecular flexibility index (Phi) is 7.59. The molecule has 3 rings (SSSR count). The number of nitrogens with one attached hydrogen (secondary N) is 2. The van der Waals surface area contributed by atoms with Crippen LogP contribution < -0.4 is 10.7 Å². The minimum absolute atomic E-state index is 0.00346. The molecule has 0 saturated carbocycles. The molecule has 32 heavy (non-hydrogen) atoms. The van der Waals surface area contributed by atoms with Crippen molar-refractivity contribution in [3.63, 3.8) is 0 Å². The number of carbonyl (C=O) groups excluding carboxylic acids is 4. The van der Waals surface area contributed by atoms with E-state index < -0.39 is 30.3 Å². The predicted octanol–water partition coefficient (Wildman–Crippen LogP) is 2.49. The number of amides is 3. The van der Waals surface area contributed by atoms with Gasteiger partial charge >= 0.3 is 5.97 Å². The number of hydrogen-bond acceptors (Lipinski definition) is 5. The van der Waals surface area contributed by atoms with Crippen molar-refractivity contribution in [2.45, 2.75) is 33.1 Å². The smallest absolute Gasteiger partial charge is 0.311 e. The molecular formula is C24H27N3O5. The summed E-state index contributed by atoms with van der Waals surface area (Å²) in [5.74, 6) is -2.66. The molecule has 1 saturated heterocycles. The van der Waals surface area contributed by atoms with Gasteiger partial charge in [0.25, 0.3) is 11.8 Å². The molecule has 0 aliphatic carbocycles. The summed E-state index contributed by atoms with van der Waals surface area (Å²) >= 11 is 0. The zero-order chi connectivity index (χ0) is 23.1. The Morgan fingerprint density at radius 1 is 1.00 bits per heavy atom. The molecule has 0 unspecified atom stereocenters. The average Bonchev–Trinajstić information content (AvgIpc) is 3.18. The van der Waals surface area contributed by atoms with Crippen LogP contribution >= 0.6 is 0 Å². The first kappa shape index (κ1) is 23.0. The lowest BCUT2D eigenvalue weighted by atomic mass is 10.0. The lowest BCUT2D eigenvalue weighted by Gasteiger charge is -2.17. The maximum atomic E-state index is 12.4. The Bertz CT molecular complexity index is 984. The maximum absolute atomic E-state index is 12.4. The maximum Gasteiger partial charge on any atom is 0.311 e. The number of anilines is 1. The molecule has 8 heteroatoms. The highest BCUT2D eigenvalue weighted by atomic mass is 16.5. The van der Waals surface area contributed by atoms with Gasteiger partial charge in [-0.3, -0.25) is 29.6 Å². The van der Waals surface area contributed by atoms with Crippen LogP contribution in [0.2, 0.25) is 0 Å². The van der Waals surface area contributed by atoms with Gasteiger partial charge in [-0.05, 0) is 36.1 Å². The molecule has 1 heterocycles. The number of aryl methyl sites for hydroxylation is 2. The second-order valence-electron chi connectivity index (χ2n) is 7.53. The van der Waals surface area contributed by atoms with E-state index in [2.05, 4.69) is 10.7 Å². The fourth-order valence-corrected chi connectivity index (χ4v) is 3.58.